The quantitative estimate of drug-likeness (QED) is 0.495. The van der Waals surface area contributed by atoms with Crippen molar-refractivity contribution in [3.8, 4) is 11.1 Å². The van der Waals surface area contributed by atoms with Crippen LogP contribution >= 0.6 is 0 Å². The van der Waals surface area contributed by atoms with Gasteiger partial charge in [-0.2, -0.15) is 4.39 Å². The van der Waals surface area contributed by atoms with Crippen LogP contribution < -0.4 is 5.32 Å². The number of nitrogens with zero attached hydrogens (tertiary/aromatic N) is 1. The highest BCUT2D eigenvalue weighted by Gasteiger charge is 2.09. The number of carbonyl (C=O) groups is 1. The maximum absolute atomic E-state index is 13.2. The van der Waals surface area contributed by atoms with Crippen molar-refractivity contribution in [2.75, 3.05) is 0 Å². The van der Waals surface area contributed by atoms with E-state index < -0.39 is 17.6 Å². The summed E-state index contributed by atoms with van der Waals surface area (Å²) in [5, 5.41) is 2.81. The predicted octanol–water partition coefficient (Wildman–Crippen LogP) is 5.06. The molecule has 0 aliphatic carbocycles. The highest BCUT2D eigenvalue weighted by atomic mass is 19.2. The molecule has 0 saturated heterocycles. The molecule has 142 valence electrons. The number of halogens is 3. The Labute approximate surface area is 160 Å². The smallest absolute Gasteiger partial charge is 0.244 e. The van der Waals surface area contributed by atoms with E-state index >= 15 is 0 Å². The van der Waals surface area contributed by atoms with Gasteiger partial charge in [-0.25, -0.2) is 13.8 Å². The van der Waals surface area contributed by atoms with Crippen molar-refractivity contribution in [2.24, 2.45) is 0 Å². The second-order valence-electron chi connectivity index (χ2n) is 6.23. The number of carbonyl (C=O) groups excluding carboxylic acids is 1. The summed E-state index contributed by atoms with van der Waals surface area (Å²) in [7, 11) is 0. The number of benzene rings is 2. The van der Waals surface area contributed by atoms with E-state index in [0.29, 0.717) is 5.56 Å². The molecule has 2 aromatic carbocycles. The normalized spacial score (nSPS) is 12.1. The lowest BCUT2D eigenvalue weighted by Crippen LogP contribution is -2.24. The molecule has 1 aromatic heterocycles. The molecule has 1 atom stereocenters. The van der Waals surface area contributed by atoms with Crippen LogP contribution in [0.2, 0.25) is 0 Å². The fraction of sp³-hybridized carbons (Fsp3) is 0.0909. The summed E-state index contributed by atoms with van der Waals surface area (Å²) in [5.41, 5.74) is 2.85. The first-order valence-electron chi connectivity index (χ1n) is 8.58. The van der Waals surface area contributed by atoms with Gasteiger partial charge in [0.15, 0.2) is 11.6 Å². The molecule has 0 aliphatic rings. The van der Waals surface area contributed by atoms with Crippen LogP contribution in [0.1, 0.15) is 24.1 Å². The number of nitrogens with one attached hydrogen (secondary N) is 1. The molecular weight excluding hydrogens is 365 g/mol. The van der Waals surface area contributed by atoms with Crippen LogP contribution in [0.3, 0.4) is 0 Å². The van der Waals surface area contributed by atoms with Crippen LogP contribution in [0.15, 0.2) is 66.9 Å². The topological polar surface area (TPSA) is 42.0 Å². The van der Waals surface area contributed by atoms with E-state index in [1.807, 2.05) is 31.2 Å². The van der Waals surface area contributed by atoms with Gasteiger partial charge in [0.05, 0.1) is 6.04 Å². The maximum Gasteiger partial charge on any atom is 0.244 e. The van der Waals surface area contributed by atoms with Gasteiger partial charge >= 0.3 is 0 Å². The molecule has 3 nitrogen and oxygen atoms in total. The molecule has 1 heterocycles. The number of amides is 1. The van der Waals surface area contributed by atoms with Crippen LogP contribution in [-0.2, 0) is 4.79 Å². The van der Waals surface area contributed by atoms with Gasteiger partial charge in [-0.1, -0.05) is 24.3 Å². The lowest BCUT2D eigenvalue weighted by Gasteiger charge is -2.14. The van der Waals surface area contributed by atoms with E-state index in [2.05, 4.69) is 10.3 Å². The van der Waals surface area contributed by atoms with Crippen molar-refractivity contribution >= 4 is 12.0 Å². The third kappa shape index (κ3) is 4.85. The number of rotatable bonds is 5. The van der Waals surface area contributed by atoms with Crippen molar-refractivity contribution in [3.05, 3.63) is 95.6 Å². The zero-order valence-corrected chi connectivity index (χ0v) is 15.0. The van der Waals surface area contributed by atoms with Gasteiger partial charge in [0.1, 0.15) is 0 Å². The fourth-order valence-corrected chi connectivity index (χ4v) is 2.67. The third-order valence-corrected chi connectivity index (χ3v) is 4.18. The maximum atomic E-state index is 13.2. The first-order valence-corrected chi connectivity index (χ1v) is 8.58. The predicted molar refractivity (Wildman–Crippen MR) is 102 cm³/mol. The van der Waals surface area contributed by atoms with Gasteiger partial charge in [0.2, 0.25) is 11.9 Å². The Morgan fingerprint density at radius 1 is 1.00 bits per heavy atom. The summed E-state index contributed by atoms with van der Waals surface area (Å²) < 4.78 is 39.1. The molecule has 0 unspecified atom stereocenters. The molecular formula is C22H17F3N2O. The third-order valence-electron chi connectivity index (χ3n) is 4.18. The Morgan fingerprint density at radius 2 is 1.82 bits per heavy atom. The number of pyridine rings is 1. The van der Waals surface area contributed by atoms with Gasteiger partial charge in [-0.3, -0.25) is 4.79 Å². The summed E-state index contributed by atoms with van der Waals surface area (Å²) >= 11 is 0. The Bertz CT molecular complexity index is 1020. The lowest BCUT2D eigenvalue weighted by atomic mass is 10.0. The van der Waals surface area contributed by atoms with Gasteiger partial charge < -0.3 is 5.32 Å². The summed E-state index contributed by atoms with van der Waals surface area (Å²) in [4.78, 5) is 15.8. The first-order chi connectivity index (χ1) is 13.4. The SMILES string of the molecule is C[C@H](NC(=O)C=Cc1ccc(F)c(F)c1)c1cccc(-c2ccc(F)nc2)c1. The van der Waals surface area contributed by atoms with Crippen LogP contribution in [0, 0.1) is 17.6 Å². The fourth-order valence-electron chi connectivity index (χ4n) is 2.67. The Kier molecular flexibility index (Phi) is 5.89. The zero-order valence-electron chi connectivity index (χ0n) is 15.0. The molecule has 3 aromatic rings. The van der Waals surface area contributed by atoms with Crippen LogP contribution in [0.5, 0.6) is 0 Å². The second kappa shape index (κ2) is 8.52. The van der Waals surface area contributed by atoms with Crippen molar-refractivity contribution in [3.63, 3.8) is 0 Å². The summed E-state index contributed by atoms with van der Waals surface area (Å²) in [5.74, 6) is -2.83. The Morgan fingerprint density at radius 3 is 2.54 bits per heavy atom. The van der Waals surface area contributed by atoms with Crippen molar-refractivity contribution < 1.29 is 18.0 Å². The molecule has 0 saturated carbocycles. The molecule has 0 aliphatic heterocycles. The van der Waals surface area contributed by atoms with E-state index in [-0.39, 0.29) is 11.9 Å². The van der Waals surface area contributed by atoms with E-state index in [1.165, 1.54) is 30.5 Å². The summed E-state index contributed by atoms with van der Waals surface area (Å²) in [6.45, 7) is 1.82. The molecule has 3 rings (SSSR count). The molecule has 0 fully saturated rings. The largest absolute Gasteiger partial charge is 0.346 e. The average Bonchev–Trinajstić information content (AvgIpc) is 2.69. The first kappa shape index (κ1) is 19.4. The Hall–Kier alpha value is -3.41. The number of hydrogen-bond acceptors (Lipinski definition) is 2. The van der Waals surface area contributed by atoms with E-state index in [1.54, 1.807) is 6.07 Å². The second-order valence-corrected chi connectivity index (χ2v) is 6.23. The lowest BCUT2D eigenvalue weighted by molar-refractivity contribution is -0.117. The van der Waals surface area contributed by atoms with Gasteiger partial charge in [-0.05, 0) is 60.0 Å². The van der Waals surface area contributed by atoms with Crippen molar-refractivity contribution in [1.29, 1.82) is 0 Å². The standard InChI is InChI=1S/C22H17F3N2O/c1-14(27-22(28)10-6-15-5-8-19(23)20(24)11-15)16-3-2-4-17(12-16)18-7-9-21(25)26-13-18/h2-14H,1H3,(H,27,28)/t14-/m0/s1. The molecule has 0 bridgehead atoms. The summed E-state index contributed by atoms with van der Waals surface area (Å²) in [6.07, 6.45) is 4.12. The Balaban J connectivity index is 1.68. The van der Waals surface area contributed by atoms with E-state index in [9.17, 15) is 18.0 Å². The van der Waals surface area contributed by atoms with Crippen molar-refractivity contribution in [1.82, 2.24) is 10.3 Å². The van der Waals surface area contributed by atoms with Gasteiger partial charge in [0, 0.05) is 17.8 Å². The molecule has 0 spiro atoms. The number of hydrogen-bond donors (Lipinski definition) is 1. The summed E-state index contributed by atoms with van der Waals surface area (Å²) in [6, 6.07) is 13.5. The molecule has 28 heavy (non-hydrogen) atoms. The highest BCUT2D eigenvalue weighted by molar-refractivity contribution is 5.92. The minimum absolute atomic E-state index is 0.296. The molecule has 6 heteroatoms. The van der Waals surface area contributed by atoms with E-state index in [0.717, 1.165) is 28.8 Å². The number of aromatic nitrogens is 1. The highest BCUT2D eigenvalue weighted by Crippen LogP contribution is 2.23. The van der Waals surface area contributed by atoms with Crippen LogP contribution in [0.4, 0.5) is 13.2 Å². The van der Waals surface area contributed by atoms with Gasteiger partial charge in [-0.15, -0.1) is 0 Å². The molecule has 1 N–H and O–H groups in total. The minimum Gasteiger partial charge on any atom is -0.346 e. The minimum atomic E-state index is -0.969. The average molecular weight is 382 g/mol. The van der Waals surface area contributed by atoms with Crippen molar-refractivity contribution in [2.45, 2.75) is 13.0 Å². The zero-order chi connectivity index (χ0) is 20.1. The van der Waals surface area contributed by atoms with Crippen LogP contribution in [-0.4, -0.2) is 10.9 Å². The van der Waals surface area contributed by atoms with E-state index in [4.69, 9.17) is 0 Å². The molecule has 0 radical (unpaired) electrons. The van der Waals surface area contributed by atoms with Gasteiger partial charge in [0.25, 0.3) is 0 Å². The molecule has 1 amide bonds. The monoisotopic (exact) mass is 382 g/mol. The van der Waals surface area contributed by atoms with Crippen LogP contribution in [0.25, 0.3) is 17.2 Å².